The van der Waals surface area contributed by atoms with Crippen LogP contribution in [0.1, 0.15) is 24.6 Å². The van der Waals surface area contributed by atoms with Crippen molar-refractivity contribution in [2.75, 3.05) is 38.3 Å². The van der Waals surface area contributed by atoms with E-state index in [1.807, 2.05) is 6.20 Å². The number of anilines is 1. The lowest BCUT2D eigenvalue weighted by Gasteiger charge is -2.26. The smallest absolute Gasteiger partial charge is 0.185 e. The van der Waals surface area contributed by atoms with E-state index in [1.165, 1.54) is 17.7 Å². The van der Waals surface area contributed by atoms with E-state index in [0.29, 0.717) is 0 Å². The van der Waals surface area contributed by atoms with E-state index in [0.717, 1.165) is 43.9 Å². The summed E-state index contributed by atoms with van der Waals surface area (Å²) in [5.74, 6) is 0.755. The Morgan fingerprint density at radius 2 is 2.28 bits per heavy atom. The maximum Gasteiger partial charge on any atom is 0.185 e. The van der Waals surface area contributed by atoms with Crippen molar-refractivity contribution in [2.45, 2.75) is 26.3 Å². The summed E-state index contributed by atoms with van der Waals surface area (Å²) in [7, 11) is 2.14. The fourth-order valence-electron chi connectivity index (χ4n) is 2.20. The quantitative estimate of drug-likeness (QED) is 0.858. The molecule has 1 aliphatic rings. The molecule has 0 radical (unpaired) electrons. The normalized spacial score (nSPS) is 17.0. The molecule has 0 saturated carbocycles. The zero-order valence-corrected chi connectivity index (χ0v) is 12.1. The summed E-state index contributed by atoms with van der Waals surface area (Å²) in [5, 5.41) is 4.47. The summed E-state index contributed by atoms with van der Waals surface area (Å²) in [6.07, 6.45) is 4.35. The van der Waals surface area contributed by atoms with Crippen molar-refractivity contribution < 1.29 is 4.74 Å². The standard InChI is InChI=1S/C13H23N3OS/c1-3-14-8-12-9-15-13(18-12)16(2)10-11-4-6-17-7-5-11/h9,11,14H,3-8,10H2,1-2H3. The van der Waals surface area contributed by atoms with Crippen molar-refractivity contribution in [1.29, 1.82) is 0 Å². The Morgan fingerprint density at radius 1 is 1.50 bits per heavy atom. The summed E-state index contributed by atoms with van der Waals surface area (Å²) in [4.78, 5) is 8.11. The van der Waals surface area contributed by atoms with Gasteiger partial charge < -0.3 is 15.0 Å². The molecule has 0 atom stereocenters. The van der Waals surface area contributed by atoms with Crippen molar-refractivity contribution in [1.82, 2.24) is 10.3 Å². The number of aromatic nitrogens is 1. The monoisotopic (exact) mass is 269 g/mol. The maximum absolute atomic E-state index is 5.40. The lowest BCUT2D eigenvalue weighted by molar-refractivity contribution is 0.0685. The molecule has 0 amide bonds. The number of ether oxygens (including phenoxy) is 1. The van der Waals surface area contributed by atoms with Gasteiger partial charge in [-0.15, -0.1) is 11.3 Å². The fourth-order valence-corrected chi connectivity index (χ4v) is 3.05. The third kappa shape index (κ3) is 3.93. The Morgan fingerprint density at radius 3 is 3.00 bits per heavy atom. The van der Waals surface area contributed by atoms with E-state index in [1.54, 1.807) is 11.3 Å². The average molecular weight is 269 g/mol. The highest BCUT2D eigenvalue weighted by Gasteiger charge is 2.17. The van der Waals surface area contributed by atoms with Gasteiger partial charge >= 0.3 is 0 Å². The van der Waals surface area contributed by atoms with Crippen molar-refractivity contribution in [2.24, 2.45) is 5.92 Å². The van der Waals surface area contributed by atoms with Crippen molar-refractivity contribution in [3.8, 4) is 0 Å². The van der Waals surface area contributed by atoms with Gasteiger partial charge in [0.2, 0.25) is 0 Å². The molecule has 102 valence electrons. The number of thiazole rings is 1. The van der Waals surface area contributed by atoms with Crippen LogP contribution in [0.25, 0.3) is 0 Å². The number of rotatable bonds is 6. The van der Waals surface area contributed by atoms with Crippen LogP contribution in [0.3, 0.4) is 0 Å². The van der Waals surface area contributed by atoms with Crippen LogP contribution in [-0.2, 0) is 11.3 Å². The molecule has 1 aliphatic heterocycles. The highest BCUT2D eigenvalue weighted by molar-refractivity contribution is 7.15. The second-order valence-corrected chi connectivity index (χ2v) is 5.92. The molecule has 0 aliphatic carbocycles. The van der Waals surface area contributed by atoms with Gasteiger partial charge in [0.1, 0.15) is 0 Å². The topological polar surface area (TPSA) is 37.4 Å². The average Bonchev–Trinajstić information content (AvgIpc) is 2.86. The Hall–Kier alpha value is -0.650. The number of hydrogen-bond acceptors (Lipinski definition) is 5. The molecule has 0 unspecified atom stereocenters. The van der Waals surface area contributed by atoms with Crippen LogP contribution in [-0.4, -0.2) is 38.3 Å². The molecule has 0 spiro atoms. The van der Waals surface area contributed by atoms with E-state index in [2.05, 4.69) is 29.2 Å². The molecule has 18 heavy (non-hydrogen) atoms. The molecule has 5 heteroatoms. The number of nitrogens with zero attached hydrogens (tertiary/aromatic N) is 2. The molecule has 1 fully saturated rings. The van der Waals surface area contributed by atoms with Gasteiger partial charge in [-0.25, -0.2) is 4.98 Å². The lowest BCUT2D eigenvalue weighted by Crippen LogP contribution is -2.29. The summed E-state index contributed by atoms with van der Waals surface area (Å²) in [5.41, 5.74) is 0. The first-order valence-electron chi connectivity index (χ1n) is 6.74. The van der Waals surface area contributed by atoms with E-state index in [4.69, 9.17) is 4.74 Å². The minimum Gasteiger partial charge on any atom is -0.381 e. The van der Waals surface area contributed by atoms with Gasteiger partial charge in [-0.05, 0) is 25.3 Å². The van der Waals surface area contributed by atoms with Gasteiger partial charge in [-0.2, -0.15) is 0 Å². The second kappa shape index (κ2) is 7.07. The summed E-state index contributed by atoms with van der Waals surface area (Å²) < 4.78 is 5.40. The molecule has 4 nitrogen and oxygen atoms in total. The summed E-state index contributed by atoms with van der Waals surface area (Å²) in [6, 6.07) is 0. The summed E-state index contributed by atoms with van der Waals surface area (Å²) in [6.45, 7) is 6.99. The molecule has 0 aromatic carbocycles. The van der Waals surface area contributed by atoms with E-state index in [-0.39, 0.29) is 0 Å². The Balaban J connectivity index is 1.83. The van der Waals surface area contributed by atoms with Gasteiger partial charge in [0.15, 0.2) is 5.13 Å². The fraction of sp³-hybridized carbons (Fsp3) is 0.769. The van der Waals surface area contributed by atoms with Crippen LogP contribution in [0.15, 0.2) is 6.20 Å². The van der Waals surface area contributed by atoms with E-state index >= 15 is 0 Å². The molecule has 0 bridgehead atoms. The van der Waals surface area contributed by atoms with Gasteiger partial charge in [0.25, 0.3) is 0 Å². The zero-order valence-electron chi connectivity index (χ0n) is 11.3. The summed E-state index contributed by atoms with van der Waals surface area (Å²) >= 11 is 1.79. The highest BCUT2D eigenvalue weighted by atomic mass is 32.1. The van der Waals surface area contributed by atoms with Gasteiger partial charge in [-0.3, -0.25) is 0 Å². The van der Waals surface area contributed by atoms with Crippen LogP contribution in [0.4, 0.5) is 5.13 Å². The largest absolute Gasteiger partial charge is 0.381 e. The Labute approximate surface area is 113 Å². The third-order valence-electron chi connectivity index (χ3n) is 3.29. The zero-order chi connectivity index (χ0) is 12.8. The van der Waals surface area contributed by atoms with Crippen LogP contribution in [0.2, 0.25) is 0 Å². The molecule has 2 heterocycles. The molecule has 1 aromatic rings. The first kappa shape index (κ1) is 13.8. The minimum atomic E-state index is 0.755. The molecule has 1 N–H and O–H groups in total. The predicted octanol–water partition coefficient (Wildman–Crippen LogP) is 2.12. The van der Waals surface area contributed by atoms with Crippen LogP contribution >= 0.6 is 11.3 Å². The highest BCUT2D eigenvalue weighted by Crippen LogP contribution is 2.24. The number of hydrogen-bond donors (Lipinski definition) is 1. The maximum atomic E-state index is 5.40. The van der Waals surface area contributed by atoms with Crippen molar-refractivity contribution >= 4 is 16.5 Å². The number of nitrogens with one attached hydrogen (secondary N) is 1. The predicted molar refractivity (Wildman–Crippen MR) is 76.3 cm³/mol. The minimum absolute atomic E-state index is 0.755. The molecule has 2 rings (SSSR count). The van der Waals surface area contributed by atoms with E-state index < -0.39 is 0 Å². The Kier molecular flexibility index (Phi) is 5.41. The van der Waals surface area contributed by atoms with Crippen LogP contribution in [0, 0.1) is 5.92 Å². The van der Waals surface area contributed by atoms with Gasteiger partial charge in [-0.1, -0.05) is 6.92 Å². The van der Waals surface area contributed by atoms with Crippen LogP contribution < -0.4 is 10.2 Å². The molecule has 1 aromatic heterocycles. The Bertz CT molecular complexity index is 350. The SMILES string of the molecule is CCNCc1cnc(N(C)CC2CCOCC2)s1. The second-order valence-electron chi connectivity index (χ2n) is 4.83. The van der Waals surface area contributed by atoms with E-state index in [9.17, 15) is 0 Å². The van der Waals surface area contributed by atoms with Crippen molar-refractivity contribution in [3.63, 3.8) is 0 Å². The van der Waals surface area contributed by atoms with Crippen molar-refractivity contribution in [3.05, 3.63) is 11.1 Å². The third-order valence-corrected chi connectivity index (χ3v) is 4.40. The molecular formula is C13H23N3OS. The first-order chi connectivity index (χ1) is 8.79. The van der Waals surface area contributed by atoms with Crippen LogP contribution in [0.5, 0.6) is 0 Å². The van der Waals surface area contributed by atoms with Gasteiger partial charge in [0.05, 0.1) is 0 Å². The molecular weight excluding hydrogens is 246 g/mol. The van der Waals surface area contributed by atoms with Gasteiger partial charge in [0, 0.05) is 44.4 Å². The molecule has 1 saturated heterocycles. The first-order valence-corrected chi connectivity index (χ1v) is 7.55. The lowest BCUT2D eigenvalue weighted by atomic mass is 10.0.